The normalized spacial score (nSPS) is 17.3. The predicted octanol–water partition coefficient (Wildman–Crippen LogP) is 7.23. The van der Waals surface area contributed by atoms with Gasteiger partial charge < -0.3 is 71.4 Å². The van der Waals surface area contributed by atoms with Crippen LogP contribution in [-0.4, -0.2) is 246 Å². The van der Waals surface area contributed by atoms with E-state index < -0.39 is 76.9 Å². The van der Waals surface area contributed by atoms with E-state index >= 15 is 0 Å². The molecular weight excluding hydrogens is 1380 g/mol. The molecule has 4 N–H and O–H groups in total. The number of ether oxygens (including phenoxy) is 12. The van der Waals surface area contributed by atoms with Crippen molar-refractivity contribution in [3.05, 3.63) is 108 Å². The molecule has 0 aliphatic carbocycles. The van der Waals surface area contributed by atoms with Gasteiger partial charge >= 0.3 is 5.97 Å². The highest BCUT2D eigenvalue weighted by Crippen LogP contribution is 2.54. The summed E-state index contributed by atoms with van der Waals surface area (Å²) in [4.78, 5) is 10.4. The maximum Gasteiger partial charge on any atom is 0.303 e. The minimum absolute atomic E-state index is 0.0187. The van der Waals surface area contributed by atoms with Crippen molar-refractivity contribution in [2.75, 3.05) is 178 Å². The molecule has 32 heteroatoms. The number of methoxy groups -OCH3 is 2. The van der Waals surface area contributed by atoms with Gasteiger partial charge in [0.15, 0.2) is 5.71 Å². The number of carbonyl (C=O) groups is 1. The number of carboxylic acid groups (broad SMARTS) is 1. The second-order valence-electron chi connectivity index (χ2n) is 23.3. The van der Waals surface area contributed by atoms with Gasteiger partial charge in [-0.15, -0.1) is 0 Å². The van der Waals surface area contributed by atoms with Gasteiger partial charge in [-0.25, -0.2) is 8.42 Å². The zero-order valence-corrected chi connectivity index (χ0v) is 59.9. The molecule has 0 saturated heterocycles. The van der Waals surface area contributed by atoms with Crippen LogP contribution in [0.25, 0.3) is 21.5 Å². The summed E-state index contributed by atoms with van der Waals surface area (Å²) >= 11 is 0. The summed E-state index contributed by atoms with van der Waals surface area (Å²) in [7, 11) is -17.2. The van der Waals surface area contributed by atoms with E-state index in [1.165, 1.54) is 18.2 Å². The Morgan fingerprint density at radius 1 is 0.495 bits per heavy atom. The molecule has 0 spiro atoms. The van der Waals surface area contributed by atoms with Gasteiger partial charge in [0.1, 0.15) is 21.6 Å². The average molecular weight is 1470 g/mol. The molecule has 0 radical (unpaired) electrons. The number of hydrogen-bond acceptors (Lipinski definition) is 23. The standard InChI is InChI=1S/C67H94N2O26S4/c1-6-68-57-20-18-53-55(47-51(96(72,73)74)49-59(53)98(78,79)80)64(57)66(2,22-25-86-31-33-90-39-41-94-45-43-92-37-35-88-29-27-84-4)61(68)15-11-8-7-9-12-16-62-67(3,23-26-87-32-34-91-40-42-95-46-44-93-38-36-89-30-28-85-5)65-56-48-52(97(75,76)77)50-60(99(81,82)83)54(56)19-21-58(65)69(62)24-14-10-13-17-63(70)71/h7-9,11-12,15-16,18-21,47-50H,6,10,13-14,17,22-46H2,1-5H3,(H4-,70,71,72,73,74,75,76,77,78,79,80,81,82,83). The Morgan fingerprint density at radius 2 is 0.909 bits per heavy atom. The first-order chi connectivity index (χ1) is 47.2. The number of carboxylic acids is 1. The molecule has 552 valence electrons. The number of hydrogen-bond donors (Lipinski definition) is 4. The van der Waals surface area contributed by atoms with E-state index in [9.17, 15) is 61.8 Å². The van der Waals surface area contributed by atoms with Crippen LogP contribution in [0.3, 0.4) is 0 Å². The lowest BCUT2D eigenvalue weighted by Gasteiger charge is -2.30. The summed E-state index contributed by atoms with van der Waals surface area (Å²) in [5, 5.41) is 9.60. The van der Waals surface area contributed by atoms with Gasteiger partial charge in [0.25, 0.3) is 30.4 Å². The number of rotatable bonds is 51. The van der Waals surface area contributed by atoms with Gasteiger partial charge in [-0.2, -0.15) is 29.8 Å². The van der Waals surface area contributed by atoms with E-state index in [1.807, 2.05) is 42.4 Å². The van der Waals surface area contributed by atoms with Crippen LogP contribution < -0.4 is 4.90 Å². The third kappa shape index (κ3) is 24.3. The van der Waals surface area contributed by atoms with Crippen molar-refractivity contribution in [2.24, 2.45) is 0 Å². The molecule has 0 bridgehead atoms. The zero-order valence-electron chi connectivity index (χ0n) is 56.7. The maximum absolute atomic E-state index is 12.9. The quantitative estimate of drug-likeness (QED) is 0.0146. The molecular formula is C67H94N2O26S4. The Labute approximate surface area is 580 Å². The molecule has 0 fully saturated rings. The lowest BCUT2D eigenvalue weighted by Crippen LogP contribution is -2.33. The SMILES string of the molecule is CCN1C(=CC=CC=CC=CC2=[N+](CCCCCC(=O)O)c3ccc4c(S(=O)(=O)[O-])cc(S(=O)(=O)O)cc4c3C2(C)CCOCCOCCOCCOCCOCCOC)C(C)(CCOCCOCCOCCOCCOCCOC)c2c1ccc1c(S(=O)(=O)O)cc(S(=O)(=O)O)cc21. The van der Waals surface area contributed by atoms with Crippen LogP contribution in [0.15, 0.2) is 116 Å². The first kappa shape index (κ1) is 82.4. The summed E-state index contributed by atoms with van der Waals surface area (Å²) < 4.78 is 215. The summed E-state index contributed by atoms with van der Waals surface area (Å²) in [6.07, 6.45) is 14.3. The summed E-state index contributed by atoms with van der Waals surface area (Å²) in [5.41, 5.74) is 1.30. The smallest absolute Gasteiger partial charge is 0.303 e. The molecule has 4 aromatic carbocycles. The van der Waals surface area contributed by atoms with Crippen LogP contribution in [0.2, 0.25) is 0 Å². The Hall–Kier alpha value is -5.54. The highest BCUT2D eigenvalue weighted by atomic mass is 32.2. The predicted molar refractivity (Wildman–Crippen MR) is 366 cm³/mol. The number of anilines is 1. The van der Waals surface area contributed by atoms with E-state index in [1.54, 1.807) is 56.7 Å². The van der Waals surface area contributed by atoms with Gasteiger partial charge in [-0.05, 0) is 105 Å². The zero-order chi connectivity index (χ0) is 72.1. The van der Waals surface area contributed by atoms with Crippen LogP contribution in [0.1, 0.15) is 70.4 Å². The molecule has 0 amide bonds. The molecule has 99 heavy (non-hydrogen) atoms. The van der Waals surface area contributed by atoms with E-state index in [-0.39, 0.29) is 87.1 Å². The van der Waals surface area contributed by atoms with Gasteiger partial charge in [0.05, 0.1) is 152 Å². The van der Waals surface area contributed by atoms with E-state index in [0.29, 0.717) is 177 Å². The van der Waals surface area contributed by atoms with Gasteiger partial charge in [-0.1, -0.05) is 36.4 Å². The average Bonchev–Trinajstić information content (AvgIpc) is 1.62. The van der Waals surface area contributed by atoms with Gasteiger partial charge in [-0.3, -0.25) is 18.5 Å². The highest BCUT2D eigenvalue weighted by molar-refractivity contribution is 7.87. The fourth-order valence-electron chi connectivity index (χ4n) is 11.8. The van der Waals surface area contributed by atoms with Crippen molar-refractivity contribution in [1.82, 2.24) is 0 Å². The van der Waals surface area contributed by atoms with Crippen molar-refractivity contribution in [1.29, 1.82) is 0 Å². The first-order valence-corrected chi connectivity index (χ1v) is 38.2. The third-order valence-electron chi connectivity index (χ3n) is 16.5. The number of unbranched alkanes of at least 4 members (excludes halogenated alkanes) is 2. The van der Waals surface area contributed by atoms with Crippen molar-refractivity contribution >= 4 is 85.1 Å². The van der Waals surface area contributed by atoms with Crippen LogP contribution in [0, 0.1) is 0 Å². The Morgan fingerprint density at radius 3 is 1.35 bits per heavy atom. The topological polar surface area (TPSA) is 375 Å². The molecule has 2 aliphatic rings. The van der Waals surface area contributed by atoms with Gasteiger partial charge in [0.2, 0.25) is 5.69 Å². The van der Waals surface area contributed by atoms with Crippen LogP contribution in [0.5, 0.6) is 0 Å². The molecule has 0 saturated carbocycles. The Bertz CT molecular complexity index is 3930. The number of allylic oxidation sites excluding steroid dienone is 8. The van der Waals surface area contributed by atoms with Crippen LogP contribution in [-0.2, 0) is 113 Å². The lowest BCUT2D eigenvalue weighted by molar-refractivity contribution is -0.438. The fraction of sp³-hybridized carbons (Fsp3) is 0.552. The minimum Gasteiger partial charge on any atom is -0.744 e. The summed E-state index contributed by atoms with van der Waals surface area (Å²) in [6, 6.07) is 9.90. The van der Waals surface area contributed by atoms with Crippen LogP contribution >= 0.6 is 0 Å². The van der Waals surface area contributed by atoms with Crippen molar-refractivity contribution < 1.29 is 123 Å². The van der Waals surface area contributed by atoms with Crippen molar-refractivity contribution in [3.8, 4) is 0 Å². The lowest BCUT2D eigenvalue weighted by atomic mass is 9.75. The molecule has 4 aromatic rings. The first-order valence-electron chi connectivity index (χ1n) is 32.5. The Kier molecular flexibility index (Phi) is 33.6. The van der Waals surface area contributed by atoms with Crippen molar-refractivity contribution in [3.63, 3.8) is 0 Å². The molecule has 6 rings (SSSR count). The number of aliphatic carboxylic acids is 1. The molecule has 28 nitrogen and oxygen atoms in total. The van der Waals surface area contributed by atoms with Crippen molar-refractivity contribution in [2.45, 2.75) is 89.7 Å². The number of benzene rings is 4. The van der Waals surface area contributed by atoms with Crippen LogP contribution in [0.4, 0.5) is 11.4 Å². The Balaban J connectivity index is 1.27. The van der Waals surface area contributed by atoms with E-state index in [2.05, 4.69) is 0 Å². The number of nitrogens with zero attached hydrogens (tertiary/aromatic N) is 2. The van der Waals surface area contributed by atoms with Gasteiger partial charge in [0, 0.05) is 92.1 Å². The molecule has 2 atom stereocenters. The maximum atomic E-state index is 12.9. The minimum atomic E-state index is -5.33. The number of fused-ring (bicyclic) bond motifs is 6. The summed E-state index contributed by atoms with van der Waals surface area (Å²) in [5.74, 6) is -0.952. The largest absolute Gasteiger partial charge is 0.744 e. The van der Waals surface area contributed by atoms with E-state index in [4.69, 9.17) is 56.8 Å². The monoisotopic (exact) mass is 1470 g/mol. The highest BCUT2D eigenvalue weighted by Gasteiger charge is 2.49. The third-order valence-corrected chi connectivity index (χ3v) is 19.9. The second-order valence-corrected chi connectivity index (χ2v) is 28.9. The summed E-state index contributed by atoms with van der Waals surface area (Å²) in [6.45, 7) is 13.8. The van der Waals surface area contributed by atoms with E-state index in [0.717, 1.165) is 6.07 Å². The molecule has 2 unspecified atom stereocenters. The number of likely N-dealkylation sites (N-methyl/N-ethyl adjacent to an activating group) is 1. The second kappa shape index (κ2) is 40.3. The molecule has 0 aromatic heterocycles. The molecule has 2 aliphatic heterocycles. The fourth-order valence-corrected chi connectivity index (χ4v) is 14.5. The molecule has 2 heterocycles.